The van der Waals surface area contributed by atoms with Gasteiger partial charge in [0.15, 0.2) is 11.9 Å². The van der Waals surface area contributed by atoms with Gasteiger partial charge in [0.25, 0.3) is 0 Å². The van der Waals surface area contributed by atoms with Crippen molar-refractivity contribution >= 4 is 29.6 Å². The summed E-state index contributed by atoms with van der Waals surface area (Å²) in [5, 5.41) is 0. The number of rotatable bonds is 6. The summed E-state index contributed by atoms with van der Waals surface area (Å²) in [5.74, 6) is 0.353. The number of halogens is 2. The number of aromatic nitrogens is 2. The molecule has 36 heavy (non-hydrogen) atoms. The maximum Gasteiger partial charge on any atom is 0.421 e. The predicted molar refractivity (Wildman–Crippen MR) is 137 cm³/mol. The van der Waals surface area contributed by atoms with E-state index in [-0.39, 0.29) is 24.0 Å². The summed E-state index contributed by atoms with van der Waals surface area (Å²) in [7, 11) is 0. The van der Waals surface area contributed by atoms with E-state index >= 15 is 0 Å². The van der Waals surface area contributed by atoms with Crippen molar-refractivity contribution < 1.29 is 13.6 Å². The molecule has 9 heteroatoms. The largest absolute Gasteiger partial charge is 0.421 e. The lowest BCUT2D eigenvalue weighted by molar-refractivity contribution is -0.131. The van der Waals surface area contributed by atoms with E-state index < -0.39 is 0 Å². The second kappa shape index (κ2) is 12.0. The van der Waals surface area contributed by atoms with Crippen LogP contribution >= 0.6 is 0 Å². The van der Waals surface area contributed by atoms with Gasteiger partial charge in [-0.25, -0.2) is 23.4 Å². The van der Waals surface area contributed by atoms with Crippen LogP contribution in [0.5, 0.6) is 0 Å². The number of amides is 1. The molecule has 1 aliphatic rings. The number of hydrogen-bond donors (Lipinski definition) is 0. The Morgan fingerprint density at radius 1 is 0.917 bits per heavy atom. The van der Waals surface area contributed by atoms with Crippen LogP contribution in [0, 0.1) is 11.6 Å². The second-order valence-electron chi connectivity index (χ2n) is 8.20. The number of piperazine rings is 1. The molecular weight excluding hydrogens is 462 g/mol. The molecule has 0 unspecified atom stereocenters. The van der Waals surface area contributed by atoms with E-state index in [1.807, 2.05) is 4.90 Å². The molecule has 0 saturated carbocycles. The Hall–Kier alpha value is -4.23. The fourth-order valence-electron chi connectivity index (χ4n) is 3.92. The van der Waals surface area contributed by atoms with Crippen LogP contribution in [-0.2, 0) is 4.79 Å². The molecule has 2 heterocycles. The maximum absolute atomic E-state index is 13.6. The Morgan fingerprint density at radius 3 is 2.08 bits per heavy atom. The van der Waals surface area contributed by atoms with Gasteiger partial charge in [0, 0.05) is 63.9 Å². The summed E-state index contributed by atoms with van der Waals surface area (Å²) < 4.78 is 31.4. The molecule has 1 fully saturated rings. The number of hydrogen-bond acceptors (Lipinski definition) is 4. The quantitative estimate of drug-likeness (QED) is 0.303. The molecule has 1 aliphatic heterocycles. The molecule has 184 valence electrons. The zero-order valence-corrected chi connectivity index (χ0v) is 20.0. The van der Waals surface area contributed by atoms with Gasteiger partial charge in [0.1, 0.15) is 11.6 Å². The number of benzene rings is 2. The van der Waals surface area contributed by atoms with Crippen molar-refractivity contribution in [1.82, 2.24) is 19.5 Å². The number of aliphatic imine (C=N–C) groups is 1. The Morgan fingerprint density at radius 2 is 1.50 bits per heavy atom. The Labute approximate surface area is 208 Å². The smallest absolute Gasteiger partial charge is 0.339 e. The van der Waals surface area contributed by atoms with E-state index in [9.17, 15) is 13.6 Å². The van der Waals surface area contributed by atoms with Crippen molar-refractivity contribution in [3.05, 3.63) is 89.8 Å². The first kappa shape index (κ1) is 24.9. The van der Waals surface area contributed by atoms with Crippen molar-refractivity contribution in [2.24, 2.45) is 4.99 Å². The van der Waals surface area contributed by atoms with Gasteiger partial charge in [0.05, 0.1) is 5.56 Å². The molecule has 7 nitrogen and oxygen atoms in total. The lowest BCUT2D eigenvalue weighted by Gasteiger charge is -2.34. The summed E-state index contributed by atoms with van der Waals surface area (Å²) >= 11 is 0. The van der Waals surface area contributed by atoms with Crippen LogP contribution in [0.3, 0.4) is 0 Å². The minimum Gasteiger partial charge on any atom is -0.339 e. The Balaban J connectivity index is 1.49. The minimum atomic E-state index is -0.358. The van der Waals surface area contributed by atoms with E-state index in [1.165, 1.54) is 24.3 Å². The van der Waals surface area contributed by atoms with Gasteiger partial charge in [-0.1, -0.05) is 0 Å². The van der Waals surface area contributed by atoms with Crippen LogP contribution in [0.2, 0.25) is 0 Å². The highest BCUT2D eigenvalue weighted by molar-refractivity contribution is 6.12. The van der Waals surface area contributed by atoms with Gasteiger partial charge in [-0.3, -0.25) is 4.79 Å². The molecule has 1 amide bonds. The summed E-state index contributed by atoms with van der Waals surface area (Å²) in [6.45, 7) is 4.23. The van der Waals surface area contributed by atoms with Gasteiger partial charge in [-0.15, -0.1) is 0 Å². The first-order chi connectivity index (χ1) is 17.5. The number of nitrogens with zero attached hydrogens (tertiary/aromatic N) is 6. The lowest BCUT2D eigenvalue weighted by Crippen LogP contribution is -2.49. The van der Waals surface area contributed by atoms with E-state index in [0.717, 1.165) is 0 Å². The number of amidine groups is 1. The molecule has 4 rings (SSSR count). The van der Waals surface area contributed by atoms with Gasteiger partial charge >= 0.3 is 5.84 Å². The van der Waals surface area contributed by atoms with Crippen molar-refractivity contribution in [3.63, 3.8) is 0 Å². The fourth-order valence-corrected chi connectivity index (χ4v) is 3.92. The monoisotopic (exact) mass is 489 g/mol. The zero-order valence-electron chi connectivity index (χ0n) is 20.0. The zero-order chi connectivity index (χ0) is 25.3. The summed E-state index contributed by atoms with van der Waals surface area (Å²) in [6.07, 6.45) is 5.60. The van der Waals surface area contributed by atoms with Crippen molar-refractivity contribution in [1.29, 1.82) is 0 Å². The SMILES string of the molecule is CC=[N+]=C(N=C(CCC(=O)N1CCN(c2ncccn2)CC1)c1ccc(F)cc1)c1ccc(F)cc1. The molecule has 0 radical (unpaired) electrons. The van der Waals surface area contributed by atoms with Crippen LogP contribution in [0.1, 0.15) is 30.9 Å². The second-order valence-corrected chi connectivity index (χ2v) is 8.20. The van der Waals surface area contributed by atoms with Gasteiger partial charge < -0.3 is 9.80 Å². The molecular formula is C27H27F2N6O+. The lowest BCUT2D eigenvalue weighted by atomic mass is 10.0. The first-order valence-electron chi connectivity index (χ1n) is 11.8. The third-order valence-electron chi connectivity index (χ3n) is 5.82. The normalized spacial score (nSPS) is 13.8. The van der Waals surface area contributed by atoms with E-state index in [0.29, 0.717) is 61.2 Å². The van der Waals surface area contributed by atoms with Crippen molar-refractivity contribution in [3.8, 4) is 0 Å². The highest BCUT2D eigenvalue weighted by Gasteiger charge is 2.24. The topological polar surface area (TPSA) is 75.8 Å². The molecule has 0 aliphatic carbocycles. The van der Waals surface area contributed by atoms with Gasteiger partial charge in [-0.05, 0) is 59.6 Å². The van der Waals surface area contributed by atoms with E-state index in [1.54, 1.807) is 55.9 Å². The van der Waals surface area contributed by atoms with Crippen LogP contribution in [0.4, 0.5) is 14.7 Å². The highest BCUT2D eigenvalue weighted by Crippen LogP contribution is 2.15. The number of carbonyl (C=O) groups excluding carboxylic acids is 1. The molecule has 0 bridgehead atoms. The van der Waals surface area contributed by atoms with Crippen LogP contribution < -0.4 is 9.57 Å². The predicted octanol–water partition coefficient (Wildman–Crippen LogP) is 3.28. The molecule has 0 atom stereocenters. The molecule has 0 N–H and O–H groups in total. The van der Waals surface area contributed by atoms with Gasteiger partial charge in [-0.2, -0.15) is 0 Å². The summed E-state index contributed by atoms with van der Waals surface area (Å²) in [5.41, 5.74) is 1.94. The number of carbonyl (C=O) groups is 1. The van der Waals surface area contributed by atoms with Crippen LogP contribution in [0.25, 0.3) is 0 Å². The Bertz CT molecular complexity index is 1260. The average Bonchev–Trinajstić information content (AvgIpc) is 2.92. The highest BCUT2D eigenvalue weighted by atomic mass is 19.1. The maximum atomic E-state index is 13.6. The molecule has 0 spiro atoms. The first-order valence-corrected chi connectivity index (χ1v) is 11.8. The molecule has 3 aromatic rings. The van der Waals surface area contributed by atoms with Crippen molar-refractivity contribution in [2.75, 3.05) is 31.1 Å². The summed E-state index contributed by atoms with van der Waals surface area (Å²) in [6, 6.07) is 13.7. The average molecular weight is 490 g/mol. The third-order valence-corrected chi connectivity index (χ3v) is 5.82. The van der Waals surface area contributed by atoms with E-state index in [4.69, 9.17) is 4.99 Å². The molecule has 1 aromatic heterocycles. The number of anilines is 1. The van der Waals surface area contributed by atoms with Gasteiger partial charge in [0.2, 0.25) is 11.9 Å². The van der Waals surface area contributed by atoms with Crippen LogP contribution in [0.15, 0.2) is 72.0 Å². The summed E-state index contributed by atoms with van der Waals surface area (Å²) in [4.78, 5) is 30.2. The Kier molecular flexibility index (Phi) is 8.26. The fraction of sp³-hybridized carbons (Fsp3) is 0.259. The van der Waals surface area contributed by atoms with E-state index in [2.05, 4.69) is 19.5 Å². The standard InChI is InChI=1S/C27H27F2N6O/c1-2-30-26(21-6-10-23(29)11-7-21)33-24(20-4-8-22(28)9-5-20)12-13-25(36)34-16-18-35(19-17-34)27-31-14-3-15-32-27/h2-11,14-15H,12-13,16-19H2,1H3/q+1. The minimum absolute atomic E-state index is 0.0146. The molecule has 2 aromatic carbocycles. The van der Waals surface area contributed by atoms with Crippen molar-refractivity contribution in [2.45, 2.75) is 19.8 Å². The molecule has 1 saturated heterocycles. The third kappa shape index (κ3) is 6.46. The van der Waals surface area contributed by atoms with Crippen LogP contribution in [-0.4, -0.2) is 64.7 Å².